The normalized spacial score (nSPS) is 16.6. The van der Waals surface area contributed by atoms with Crippen LogP contribution in [0.5, 0.6) is 0 Å². The van der Waals surface area contributed by atoms with Gasteiger partial charge in [0.25, 0.3) is 5.91 Å². The van der Waals surface area contributed by atoms with Gasteiger partial charge in [0, 0.05) is 17.5 Å². The number of hydrogen-bond acceptors (Lipinski definition) is 3. The highest BCUT2D eigenvalue weighted by Gasteiger charge is 2.36. The average Bonchev–Trinajstić information content (AvgIpc) is 3.31. The number of hydrazone groups is 1. The molecule has 0 bridgehead atoms. The van der Waals surface area contributed by atoms with Crippen LogP contribution in [0.4, 0.5) is 0 Å². The lowest BCUT2D eigenvalue weighted by molar-refractivity contribution is 0.0692. The van der Waals surface area contributed by atoms with Crippen LogP contribution in [0.2, 0.25) is 0 Å². The first kappa shape index (κ1) is 16.3. The molecule has 1 amide bonds. The van der Waals surface area contributed by atoms with Gasteiger partial charge >= 0.3 is 0 Å². The van der Waals surface area contributed by atoms with E-state index >= 15 is 0 Å². The van der Waals surface area contributed by atoms with Gasteiger partial charge in [0.15, 0.2) is 0 Å². The maximum absolute atomic E-state index is 13.2. The first-order valence-electron chi connectivity index (χ1n) is 8.71. The van der Waals surface area contributed by atoms with E-state index in [1.165, 1.54) is 0 Å². The predicted molar refractivity (Wildman–Crippen MR) is 101 cm³/mol. The Hall–Kier alpha value is -3.14. The highest BCUT2D eigenvalue weighted by Crippen LogP contribution is 2.35. The zero-order chi connectivity index (χ0) is 18.1. The van der Waals surface area contributed by atoms with Gasteiger partial charge in [-0.3, -0.25) is 4.79 Å². The van der Waals surface area contributed by atoms with Gasteiger partial charge in [-0.1, -0.05) is 42.5 Å². The fourth-order valence-corrected chi connectivity index (χ4v) is 3.40. The third-order valence-corrected chi connectivity index (χ3v) is 4.82. The van der Waals surface area contributed by atoms with E-state index in [1.807, 2.05) is 55.5 Å². The molecule has 1 aromatic heterocycles. The first-order valence-corrected chi connectivity index (χ1v) is 8.71. The summed E-state index contributed by atoms with van der Waals surface area (Å²) < 4.78 is 5.61. The molecule has 130 valence electrons. The summed E-state index contributed by atoms with van der Waals surface area (Å²) in [6.07, 6.45) is 2.27. The molecule has 26 heavy (non-hydrogen) atoms. The standard InChI is InChI=1S/C22H20N2O2/c1-15-8-3-5-10-17(15)19-14-20(21-12-7-13-26-21)24(23-19)22(25)18-11-6-4-9-16(18)2/h3-13,20H,14H2,1-2H3/t20-/m1/s1. The van der Waals surface area contributed by atoms with Crippen molar-refractivity contribution in [2.24, 2.45) is 5.10 Å². The van der Waals surface area contributed by atoms with E-state index in [4.69, 9.17) is 9.52 Å². The monoisotopic (exact) mass is 344 g/mol. The molecule has 3 aromatic rings. The number of amides is 1. The minimum atomic E-state index is -0.230. The number of benzene rings is 2. The molecular formula is C22H20N2O2. The summed E-state index contributed by atoms with van der Waals surface area (Å²) in [6.45, 7) is 4.00. The molecule has 0 N–H and O–H groups in total. The van der Waals surface area contributed by atoms with Crippen molar-refractivity contribution in [1.29, 1.82) is 0 Å². The van der Waals surface area contributed by atoms with Crippen LogP contribution in [0.15, 0.2) is 76.4 Å². The van der Waals surface area contributed by atoms with Crippen molar-refractivity contribution < 1.29 is 9.21 Å². The fraction of sp³-hybridized carbons (Fsp3) is 0.182. The average molecular weight is 344 g/mol. The molecule has 0 saturated carbocycles. The van der Waals surface area contributed by atoms with Gasteiger partial charge in [0.1, 0.15) is 11.8 Å². The summed E-state index contributed by atoms with van der Waals surface area (Å²) >= 11 is 0. The van der Waals surface area contributed by atoms with Crippen LogP contribution in [-0.2, 0) is 0 Å². The maximum atomic E-state index is 13.2. The van der Waals surface area contributed by atoms with Gasteiger partial charge in [-0.25, -0.2) is 5.01 Å². The second-order valence-corrected chi connectivity index (χ2v) is 6.56. The van der Waals surface area contributed by atoms with Gasteiger partial charge in [0.2, 0.25) is 0 Å². The van der Waals surface area contributed by atoms with E-state index < -0.39 is 0 Å². The van der Waals surface area contributed by atoms with Crippen LogP contribution in [0.3, 0.4) is 0 Å². The number of furan rings is 1. The Morgan fingerprint density at radius 2 is 1.73 bits per heavy atom. The van der Waals surface area contributed by atoms with E-state index in [9.17, 15) is 4.79 Å². The molecule has 0 saturated heterocycles. The SMILES string of the molecule is Cc1ccccc1C(=O)N1N=C(c2ccccc2C)C[C@@H]1c1ccco1. The molecule has 0 fully saturated rings. The van der Waals surface area contributed by atoms with E-state index in [0.29, 0.717) is 12.0 Å². The van der Waals surface area contributed by atoms with Crippen LogP contribution in [0, 0.1) is 13.8 Å². The van der Waals surface area contributed by atoms with Crippen LogP contribution in [-0.4, -0.2) is 16.6 Å². The second-order valence-electron chi connectivity index (χ2n) is 6.56. The smallest absolute Gasteiger partial charge is 0.274 e. The molecule has 2 heterocycles. The predicted octanol–water partition coefficient (Wildman–Crippen LogP) is 4.89. The third kappa shape index (κ3) is 2.84. The van der Waals surface area contributed by atoms with Crippen LogP contribution in [0.1, 0.15) is 45.3 Å². The quantitative estimate of drug-likeness (QED) is 0.679. The summed E-state index contributed by atoms with van der Waals surface area (Å²) in [6, 6.07) is 19.2. The topological polar surface area (TPSA) is 45.8 Å². The van der Waals surface area contributed by atoms with E-state index in [-0.39, 0.29) is 11.9 Å². The number of aryl methyl sites for hydroxylation is 2. The summed E-state index contributed by atoms with van der Waals surface area (Å²) in [5, 5.41) is 6.29. The minimum absolute atomic E-state index is 0.104. The number of hydrogen-bond donors (Lipinski definition) is 0. The lowest BCUT2D eigenvalue weighted by Crippen LogP contribution is -2.27. The van der Waals surface area contributed by atoms with Crippen LogP contribution in [0.25, 0.3) is 0 Å². The first-order chi connectivity index (χ1) is 12.6. The van der Waals surface area contributed by atoms with E-state index in [1.54, 1.807) is 11.3 Å². The number of carbonyl (C=O) groups is 1. The molecule has 0 unspecified atom stereocenters. The van der Waals surface area contributed by atoms with Crippen molar-refractivity contribution in [2.45, 2.75) is 26.3 Å². The molecule has 1 aliphatic heterocycles. The molecule has 4 rings (SSSR count). The number of rotatable bonds is 3. The molecule has 0 spiro atoms. The van der Waals surface area contributed by atoms with Gasteiger partial charge in [-0.15, -0.1) is 0 Å². The van der Waals surface area contributed by atoms with Crippen molar-refractivity contribution in [2.75, 3.05) is 0 Å². The Labute approximate surface area is 152 Å². The fourth-order valence-electron chi connectivity index (χ4n) is 3.40. The molecule has 2 aromatic carbocycles. The summed E-state index contributed by atoms with van der Waals surface area (Å²) in [5.74, 6) is 0.646. The molecular weight excluding hydrogens is 324 g/mol. The lowest BCUT2D eigenvalue weighted by atomic mass is 9.98. The van der Waals surface area contributed by atoms with Gasteiger partial charge < -0.3 is 4.42 Å². The Balaban J connectivity index is 1.76. The Kier molecular flexibility index (Phi) is 4.17. The van der Waals surface area contributed by atoms with E-state index in [0.717, 1.165) is 28.2 Å². The highest BCUT2D eigenvalue weighted by molar-refractivity contribution is 6.06. The molecule has 0 aliphatic carbocycles. The van der Waals surface area contributed by atoms with E-state index in [2.05, 4.69) is 19.1 Å². The maximum Gasteiger partial charge on any atom is 0.274 e. The zero-order valence-corrected chi connectivity index (χ0v) is 14.8. The summed E-state index contributed by atoms with van der Waals surface area (Å²) in [4.78, 5) is 13.2. The highest BCUT2D eigenvalue weighted by atomic mass is 16.3. The summed E-state index contributed by atoms with van der Waals surface area (Å²) in [5.41, 5.74) is 4.74. The molecule has 1 atom stereocenters. The minimum Gasteiger partial charge on any atom is -0.467 e. The third-order valence-electron chi connectivity index (χ3n) is 4.82. The molecule has 0 radical (unpaired) electrons. The lowest BCUT2D eigenvalue weighted by Gasteiger charge is -2.20. The van der Waals surface area contributed by atoms with Crippen molar-refractivity contribution in [3.8, 4) is 0 Å². The van der Waals surface area contributed by atoms with Gasteiger partial charge in [0.05, 0.1) is 12.0 Å². The van der Waals surface area contributed by atoms with Gasteiger partial charge in [-0.05, 0) is 43.2 Å². The number of nitrogens with zero attached hydrogens (tertiary/aromatic N) is 2. The van der Waals surface area contributed by atoms with Crippen LogP contribution >= 0.6 is 0 Å². The van der Waals surface area contributed by atoms with Crippen molar-refractivity contribution in [1.82, 2.24) is 5.01 Å². The van der Waals surface area contributed by atoms with Gasteiger partial charge in [-0.2, -0.15) is 5.10 Å². The Morgan fingerprint density at radius 1 is 1.00 bits per heavy atom. The summed E-state index contributed by atoms with van der Waals surface area (Å²) in [7, 11) is 0. The Bertz CT molecular complexity index is 973. The molecule has 1 aliphatic rings. The van der Waals surface area contributed by atoms with Crippen molar-refractivity contribution >= 4 is 11.6 Å². The van der Waals surface area contributed by atoms with Crippen molar-refractivity contribution in [3.63, 3.8) is 0 Å². The molecule has 4 nitrogen and oxygen atoms in total. The number of carbonyl (C=O) groups excluding carboxylic acids is 1. The van der Waals surface area contributed by atoms with Crippen molar-refractivity contribution in [3.05, 3.63) is 94.9 Å². The van der Waals surface area contributed by atoms with Crippen LogP contribution < -0.4 is 0 Å². The zero-order valence-electron chi connectivity index (χ0n) is 14.8. The largest absolute Gasteiger partial charge is 0.467 e. The molecule has 4 heteroatoms. The second kappa shape index (κ2) is 6.64. The Morgan fingerprint density at radius 3 is 2.42 bits per heavy atom.